The van der Waals surface area contributed by atoms with E-state index in [4.69, 9.17) is 5.73 Å². The summed E-state index contributed by atoms with van der Waals surface area (Å²) in [5.41, 5.74) is 9.69. The van der Waals surface area contributed by atoms with Gasteiger partial charge in [-0.25, -0.2) is 4.98 Å². The van der Waals surface area contributed by atoms with Crippen LogP contribution < -0.4 is 5.73 Å². The van der Waals surface area contributed by atoms with Crippen LogP contribution >= 0.6 is 11.8 Å². The average Bonchev–Trinajstić information content (AvgIpc) is 2.31. The molecule has 0 fully saturated rings. The number of thioether (sulfide) groups is 1. The van der Waals surface area contributed by atoms with Gasteiger partial charge in [-0.3, -0.25) is 4.98 Å². The first kappa shape index (κ1) is 11.0. The molecule has 3 nitrogen and oxygen atoms in total. The van der Waals surface area contributed by atoms with Crippen LogP contribution in [0.1, 0.15) is 5.69 Å². The molecule has 0 aromatic carbocycles. The molecule has 2 aromatic heterocycles. The number of nitrogens with zero attached hydrogens (tertiary/aromatic N) is 2. The van der Waals surface area contributed by atoms with Crippen LogP contribution in [0.2, 0.25) is 0 Å². The molecule has 4 heteroatoms. The molecule has 0 radical (unpaired) electrons. The Labute approximate surface area is 99.1 Å². The van der Waals surface area contributed by atoms with E-state index in [0.717, 1.165) is 21.8 Å². The fraction of sp³-hybridized carbons (Fsp3) is 0.167. The molecule has 2 N–H and O–H groups in total. The first-order valence-corrected chi connectivity index (χ1v) is 6.16. The van der Waals surface area contributed by atoms with Gasteiger partial charge in [0.15, 0.2) is 0 Å². The van der Waals surface area contributed by atoms with Crippen LogP contribution in [0.25, 0.3) is 11.1 Å². The first-order chi connectivity index (χ1) is 7.72. The SMILES string of the molecule is CSc1cc(-c2cccnc2C)c(N)cn1. The lowest BCUT2D eigenvalue weighted by Crippen LogP contribution is -1.95. The Balaban J connectivity index is 2.59. The number of hydrogen-bond donors (Lipinski definition) is 1. The number of nitrogen functional groups attached to an aromatic ring is 1. The van der Waals surface area contributed by atoms with Crippen molar-refractivity contribution >= 4 is 17.4 Å². The van der Waals surface area contributed by atoms with E-state index in [-0.39, 0.29) is 0 Å². The minimum absolute atomic E-state index is 0.689. The van der Waals surface area contributed by atoms with Gasteiger partial charge in [-0.1, -0.05) is 6.07 Å². The van der Waals surface area contributed by atoms with Gasteiger partial charge in [0.2, 0.25) is 0 Å². The lowest BCUT2D eigenvalue weighted by molar-refractivity contribution is 1.14. The van der Waals surface area contributed by atoms with E-state index >= 15 is 0 Å². The van der Waals surface area contributed by atoms with Gasteiger partial charge in [0.25, 0.3) is 0 Å². The molecule has 0 aliphatic rings. The van der Waals surface area contributed by atoms with Crippen LogP contribution in [0.4, 0.5) is 5.69 Å². The number of anilines is 1. The first-order valence-electron chi connectivity index (χ1n) is 4.94. The zero-order chi connectivity index (χ0) is 11.5. The summed E-state index contributed by atoms with van der Waals surface area (Å²) in [6.45, 7) is 1.98. The molecule has 0 unspecified atom stereocenters. The highest BCUT2D eigenvalue weighted by molar-refractivity contribution is 7.98. The van der Waals surface area contributed by atoms with Crippen LogP contribution in [-0.4, -0.2) is 16.2 Å². The van der Waals surface area contributed by atoms with Crippen molar-refractivity contribution in [3.05, 3.63) is 36.3 Å². The summed E-state index contributed by atoms with van der Waals surface area (Å²) in [5.74, 6) is 0. The summed E-state index contributed by atoms with van der Waals surface area (Å²) in [6, 6.07) is 5.95. The fourth-order valence-electron chi connectivity index (χ4n) is 1.56. The number of hydrogen-bond acceptors (Lipinski definition) is 4. The van der Waals surface area contributed by atoms with Gasteiger partial charge in [-0.05, 0) is 25.3 Å². The summed E-state index contributed by atoms with van der Waals surface area (Å²) in [5, 5.41) is 0.965. The van der Waals surface area contributed by atoms with Crippen molar-refractivity contribution in [2.75, 3.05) is 12.0 Å². The highest BCUT2D eigenvalue weighted by atomic mass is 32.2. The van der Waals surface area contributed by atoms with Crippen LogP contribution in [0.15, 0.2) is 35.6 Å². The van der Waals surface area contributed by atoms with Gasteiger partial charge in [0.1, 0.15) is 0 Å². The number of rotatable bonds is 2. The zero-order valence-electron chi connectivity index (χ0n) is 9.27. The number of pyridine rings is 2. The molecular formula is C12H13N3S. The monoisotopic (exact) mass is 231 g/mol. The second-order valence-electron chi connectivity index (χ2n) is 3.45. The third kappa shape index (κ3) is 2.02. The summed E-state index contributed by atoms with van der Waals surface area (Å²) in [4.78, 5) is 8.50. The number of nitrogens with two attached hydrogens (primary N) is 1. The summed E-state index contributed by atoms with van der Waals surface area (Å²) < 4.78 is 0. The van der Waals surface area contributed by atoms with Gasteiger partial charge >= 0.3 is 0 Å². The molecule has 0 saturated carbocycles. The van der Waals surface area contributed by atoms with Gasteiger partial charge in [0.05, 0.1) is 16.9 Å². The molecule has 0 aliphatic carbocycles. The largest absolute Gasteiger partial charge is 0.397 e. The molecule has 2 heterocycles. The number of aryl methyl sites for hydroxylation is 1. The Kier molecular flexibility index (Phi) is 3.10. The molecule has 0 bridgehead atoms. The normalized spacial score (nSPS) is 10.4. The predicted molar refractivity (Wildman–Crippen MR) is 68.4 cm³/mol. The lowest BCUT2D eigenvalue weighted by Gasteiger charge is -2.08. The third-order valence-corrected chi connectivity index (χ3v) is 3.06. The fourth-order valence-corrected chi connectivity index (χ4v) is 1.95. The Morgan fingerprint density at radius 3 is 2.75 bits per heavy atom. The van der Waals surface area contributed by atoms with Crippen LogP contribution in [-0.2, 0) is 0 Å². The standard InChI is InChI=1S/C12H13N3S/c1-8-9(4-3-5-14-8)10-6-12(16-2)15-7-11(10)13/h3-7H,13H2,1-2H3. The van der Waals surface area contributed by atoms with E-state index in [1.165, 1.54) is 0 Å². The Hall–Kier alpha value is -1.55. The van der Waals surface area contributed by atoms with Crippen molar-refractivity contribution in [1.29, 1.82) is 0 Å². The molecule has 2 aromatic rings. The predicted octanol–water partition coefficient (Wildman–Crippen LogP) is 2.76. The van der Waals surface area contributed by atoms with E-state index in [1.807, 2.05) is 31.4 Å². The average molecular weight is 231 g/mol. The molecule has 2 rings (SSSR count). The molecule has 16 heavy (non-hydrogen) atoms. The highest BCUT2D eigenvalue weighted by Gasteiger charge is 2.07. The molecule has 82 valence electrons. The molecule has 0 spiro atoms. The maximum Gasteiger partial charge on any atom is 0.0964 e. The maximum atomic E-state index is 5.95. The minimum atomic E-state index is 0.689. The minimum Gasteiger partial charge on any atom is -0.397 e. The van der Waals surface area contributed by atoms with Crippen molar-refractivity contribution in [2.45, 2.75) is 11.9 Å². The van der Waals surface area contributed by atoms with Crippen molar-refractivity contribution in [3.8, 4) is 11.1 Å². The second kappa shape index (κ2) is 4.53. The van der Waals surface area contributed by atoms with E-state index in [1.54, 1.807) is 24.2 Å². The zero-order valence-corrected chi connectivity index (χ0v) is 10.1. The quantitative estimate of drug-likeness (QED) is 0.807. The number of aromatic nitrogens is 2. The van der Waals surface area contributed by atoms with E-state index < -0.39 is 0 Å². The molecule has 0 saturated heterocycles. The molecule has 0 atom stereocenters. The maximum absolute atomic E-state index is 5.95. The van der Waals surface area contributed by atoms with Gasteiger partial charge in [-0.15, -0.1) is 11.8 Å². The molecule has 0 aliphatic heterocycles. The van der Waals surface area contributed by atoms with Crippen LogP contribution in [0, 0.1) is 6.92 Å². The van der Waals surface area contributed by atoms with Crippen molar-refractivity contribution in [1.82, 2.24) is 9.97 Å². The summed E-state index contributed by atoms with van der Waals surface area (Å²) >= 11 is 1.61. The molecular weight excluding hydrogens is 218 g/mol. The van der Waals surface area contributed by atoms with Crippen molar-refractivity contribution in [3.63, 3.8) is 0 Å². The lowest BCUT2D eigenvalue weighted by atomic mass is 10.0. The Bertz CT molecular complexity index is 511. The highest BCUT2D eigenvalue weighted by Crippen LogP contribution is 2.29. The smallest absolute Gasteiger partial charge is 0.0964 e. The van der Waals surface area contributed by atoms with E-state index in [2.05, 4.69) is 9.97 Å². The van der Waals surface area contributed by atoms with Gasteiger partial charge in [0, 0.05) is 23.0 Å². The van der Waals surface area contributed by atoms with Crippen molar-refractivity contribution < 1.29 is 0 Å². The second-order valence-corrected chi connectivity index (χ2v) is 4.28. The van der Waals surface area contributed by atoms with Gasteiger partial charge < -0.3 is 5.73 Å². The van der Waals surface area contributed by atoms with Gasteiger partial charge in [-0.2, -0.15) is 0 Å². The summed E-state index contributed by atoms with van der Waals surface area (Å²) in [7, 11) is 0. The Morgan fingerprint density at radius 1 is 1.25 bits per heavy atom. The Morgan fingerprint density at radius 2 is 2.06 bits per heavy atom. The molecule has 0 amide bonds. The van der Waals surface area contributed by atoms with Crippen LogP contribution in [0.3, 0.4) is 0 Å². The topological polar surface area (TPSA) is 51.8 Å². The summed E-state index contributed by atoms with van der Waals surface area (Å²) in [6.07, 6.45) is 5.48. The van der Waals surface area contributed by atoms with E-state index in [9.17, 15) is 0 Å². The van der Waals surface area contributed by atoms with Crippen molar-refractivity contribution in [2.24, 2.45) is 0 Å². The van der Waals surface area contributed by atoms with E-state index in [0.29, 0.717) is 5.69 Å². The van der Waals surface area contributed by atoms with Crippen LogP contribution in [0.5, 0.6) is 0 Å². The third-order valence-electron chi connectivity index (χ3n) is 2.42.